The van der Waals surface area contributed by atoms with E-state index in [-0.39, 0.29) is 30.7 Å². The molecular formula is C27H27N3O5. The molecule has 3 amide bonds. The molecule has 3 aromatic rings. The fourth-order valence-electron chi connectivity index (χ4n) is 3.85. The lowest BCUT2D eigenvalue weighted by atomic mass is 10.1. The molecule has 8 heteroatoms. The molecule has 35 heavy (non-hydrogen) atoms. The maximum atomic E-state index is 12.6. The quantitative estimate of drug-likeness (QED) is 0.506. The van der Waals surface area contributed by atoms with Crippen molar-refractivity contribution in [3.05, 3.63) is 77.9 Å². The van der Waals surface area contributed by atoms with E-state index in [0.29, 0.717) is 41.4 Å². The number of hydrogen-bond acceptors (Lipinski definition) is 5. The van der Waals surface area contributed by atoms with Gasteiger partial charge in [0.25, 0.3) is 11.8 Å². The number of carbonyl (C=O) groups is 3. The lowest BCUT2D eigenvalue weighted by molar-refractivity contribution is -0.121. The monoisotopic (exact) mass is 473 g/mol. The lowest BCUT2D eigenvalue weighted by Crippen LogP contribution is -2.39. The summed E-state index contributed by atoms with van der Waals surface area (Å²) < 4.78 is 10.8. The number of aryl methyl sites for hydroxylation is 1. The van der Waals surface area contributed by atoms with Crippen LogP contribution in [-0.2, 0) is 9.59 Å². The number of methoxy groups -OCH3 is 1. The molecule has 0 spiro atoms. The van der Waals surface area contributed by atoms with Gasteiger partial charge in [-0.25, -0.2) is 0 Å². The summed E-state index contributed by atoms with van der Waals surface area (Å²) in [5.41, 5.74) is 3.25. The fourth-order valence-corrected chi connectivity index (χ4v) is 3.85. The van der Waals surface area contributed by atoms with Crippen LogP contribution in [0.4, 0.5) is 17.1 Å². The highest BCUT2D eigenvalue weighted by Gasteiger charge is 2.25. The van der Waals surface area contributed by atoms with Gasteiger partial charge < -0.3 is 25.0 Å². The smallest absolute Gasteiger partial charge is 0.265 e. The first kappa shape index (κ1) is 23.8. The van der Waals surface area contributed by atoms with Gasteiger partial charge in [0.15, 0.2) is 6.61 Å². The van der Waals surface area contributed by atoms with Crippen molar-refractivity contribution < 1.29 is 23.9 Å². The third-order valence-corrected chi connectivity index (χ3v) is 5.61. The summed E-state index contributed by atoms with van der Waals surface area (Å²) in [6.45, 7) is 2.36. The molecule has 2 N–H and O–H groups in total. The Morgan fingerprint density at radius 1 is 1.03 bits per heavy atom. The van der Waals surface area contributed by atoms with Crippen molar-refractivity contribution in [1.82, 2.24) is 0 Å². The number of fused-ring (bicyclic) bond motifs is 1. The first-order chi connectivity index (χ1) is 16.9. The van der Waals surface area contributed by atoms with Crippen LogP contribution in [0.5, 0.6) is 11.5 Å². The van der Waals surface area contributed by atoms with E-state index in [1.807, 2.05) is 31.2 Å². The Balaban J connectivity index is 1.36. The molecule has 0 bridgehead atoms. The van der Waals surface area contributed by atoms with E-state index in [0.717, 1.165) is 11.3 Å². The zero-order valence-electron chi connectivity index (χ0n) is 19.7. The van der Waals surface area contributed by atoms with E-state index in [4.69, 9.17) is 9.47 Å². The summed E-state index contributed by atoms with van der Waals surface area (Å²) >= 11 is 0. The van der Waals surface area contributed by atoms with E-state index >= 15 is 0 Å². The van der Waals surface area contributed by atoms with Gasteiger partial charge in [-0.15, -0.1) is 0 Å². The molecule has 0 radical (unpaired) electrons. The zero-order chi connectivity index (χ0) is 24.8. The first-order valence-corrected chi connectivity index (χ1v) is 11.3. The van der Waals surface area contributed by atoms with Gasteiger partial charge in [0.05, 0.1) is 18.5 Å². The number of rotatable bonds is 8. The van der Waals surface area contributed by atoms with Crippen molar-refractivity contribution in [3.8, 4) is 11.5 Å². The van der Waals surface area contributed by atoms with E-state index in [9.17, 15) is 14.4 Å². The van der Waals surface area contributed by atoms with Gasteiger partial charge in [-0.1, -0.05) is 24.3 Å². The Hall–Kier alpha value is -4.33. The van der Waals surface area contributed by atoms with Crippen molar-refractivity contribution in [2.75, 3.05) is 35.8 Å². The van der Waals surface area contributed by atoms with Crippen molar-refractivity contribution in [3.63, 3.8) is 0 Å². The number of carbonyl (C=O) groups excluding carboxylic acids is 3. The van der Waals surface area contributed by atoms with Gasteiger partial charge >= 0.3 is 0 Å². The Bertz CT molecular complexity index is 1240. The largest absolute Gasteiger partial charge is 0.495 e. The molecule has 0 unspecified atom stereocenters. The minimum absolute atomic E-state index is 0.00835. The summed E-state index contributed by atoms with van der Waals surface area (Å²) in [7, 11) is 1.51. The summed E-state index contributed by atoms with van der Waals surface area (Å²) in [4.78, 5) is 39.2. The first-order valence-electron chi connectivity index (χ1n) is 11.3. The van der Waals surface area contributed by atoms with Crippen molar-refractivity contribution >= 4 is 34.8 Å². The van der Waals surface area contributed by atoms with Gasteiger partial charge in [0, 0.05) is 24.2 Å². The van der Waals surface area contributed by atoms with Crippen LogP contribution >= 0.6 is 0 Å². The number of nitrogens with zero attached hydrogens (tertiary/aromatic N) is 1. The van der Waals surface area contributed by atoms with Crippen LogP contribution in [-0.4, -0.2) is 38.0 Å². The van der Waals surface area contributed by atoms with E-state index < -0.39 is 0 Å². The summed E-state index contributed by atoms with van der Waals surface area (Å²) in [6, 6.07) is 19.6. The van der Waals surface area contributed by atoms with Gasteiger partial charge in [-0.2, -0.15) is 0 Å². The van der Waals surface area contributed by atoms with Gasteiger partial charge in [-0.3, -0.25) is 14.4 Å². The van der Waals surface area contributed by atoms with Crippen LogP contribution in [0.15, 0.2) is 66.7 Å². The maximum absolute atomic E-state index is 12.6. The Morgan fingerprint density at radius 2 is 1.83 bits per heavy atom. The van der Waals surface area contributed by atoms with E-state index in [2.05, 4.69) is 10.6 Å². The standard InChI is InChI=1S/C27H27N3O5/c1-18-10-12-24-22(15-18)30(26(32)17-35-24)14-6-9-25(31)28-20-11-13-23(34-2)21(16-20)29-27(33)19-7-4-3-5-8-19/h3-5,7-8,10-13,15-16H,6,9,14,17H2,1-2H3,(H,28,31)(H,29,33). The molecule has 0 atom stereocenters. The molecule has 3 aromatic carbocycles. The summed E-state index contributed by atoms with van der Waals surface area (Å²) in [6.07, 6.45) is 0.711. The molecule has 0 saturated carbocycles. The third kappa shape index (κ3) is 5.78. The highest BCUT2D eigenvalue weighted by Crippen LogP contribution is 2.33. The predicted octanol–water partition coefficient (Wildman–Crippen LogP) is 4.40. The highest BCUT2D eigenvalue weighted by atomic mass is 16.5. The van der Waals surface area contributed by atoms with Crippen LogP contribution in [0, 0.1) is 6.92 Å². The number of nitrogens with one attached hydrogen (secondary N) is 2. The van der Waals surface area contributed by atoms with Crippen LogP contribution in [0.25, 0.3) is 0 Å². The van der Waals surface area contributed by atoms with Crippen LogP contribution in [0.3, 0.4) is 0 Å². The average Bonchev–Trinajstić information content (AvgIpc) is 2.86. The maximum Gasteiger partial charge on any atom is 0.265 e. The topological polar surface area (TPSA) is 97.0 Å². The van der Waals surface area contributed by atoms with Crippen molar-refractivity contribution in [2.24, 2.45) is 0 Å². The SMILES string of the molecule is COc1ccc(NC(=O)CCCN2C(=O)COc3ccc(C)cc32)cc1NC(=O)c1ccccc1. The van der Waals surface area contributed by atoms with Crippen molar-refractivity contribution in [2.45, 2.75) is 19.8 Å². The second-order valence-electron chi connectivity index (χ2n) is 8.19. The molecule has 0 aliphatic carbocycles. The Kier molecular flexibility index (Phi) is 7.30. The van der Waals surface area contributed by atoms with Gasteiger partial charge in [0.1, 0.15) is 11.5 Å². The molecule has 1 heterocycles. The number of benzene rings is 3. The van der Waals surface area contributed by atoms with E-state index in [1.165, 1.54) is 7.11 Å². The second-order valence-corrected chi connectivity index (χ2v) is 8.19. The number of anilines is 3. The molecule has 4 rings (SSSR count). The molecule has 0 fully saturated rings. The molecule has 8 nitrogen and oxygen atoms in total. The lowest BCUT2D eigenvalue weighted by Gasteiger charge is -2.29. The molecule has 0 aromatic heterocycles. The molecule has 180 valence electrons. The number of hydrogen-bond donors (Lipinski definition) is 2. The molecule has 1 aliphatic heterocycles. The minimum Gasteiger partial charge on any atom is -0.495 e. The number of amides is 3. The zero-order valence-corrected chi connectivity index (χ0v) is 19.7. The van der Waals surface area contributed by atoms with E-state index in [1.54, 1.807) is 47.4 Å². The van der Waals surface area contributed by atoms with Gasteiger partial charge in [0.2, 0.25) is 5.91 Å². The highest BCUT2D eigenvalue weighted by molar-refractivity contribution is 6.05. The van der Waals surface area contributed by atoms with Crippen LogP contribution in [0.2, 0.25) is 0 Å². The number of ether oxygens (including phenoxy) is 2. The summed E-state index contributed by atoms with van der Waals surface area (Å²) in [5, 5.41) is 5.68. The molecular weight excluding hydrogens is 446 g/mol. The van der Waals surface area contributed by atoms with Gasteiger partial charge in [-0.05, 0) is 61.4 Å². The Morgan fingerprint density at radius 3 is 2.60 bits per heavy atom. The summed E-state index contributed by atoms with van der Waals surface area (Å²) in [5.74, 6) is 0.547. The second kappa shape index (κ2) is 10.7. The van der Waals surface area contributed by atoms with Crippen LogP contribution in [0.1, 0.15) is 28.8 Å². The predicted molar refractivity (Wildman–Crippen MR) is 134 cm³/mol. The normalized spacial score (nSPS) is 12.4. The third-order valence-electron chi connectivity index (χ3n) is 5.61. The molecule has 1 aliphatic rings. The van der Waals surface area contributed by atoms with Crippen molar-refractivity contribution in [1.29, 1.82) is 0 Å². The minimum atomic E-state index is -0.280. The molecule has 0 saturated heterocycles. The average molecular weight is 474 g/mol. The fraction of sp³-hybridized carbons (Fsp3) is 0.222. The van der Waals surface area contributed by atoms with Crippen LogP contribution < -0.4 is 25.0 Å². The Labute approximate surface area is 203 Å².